The van der Waals surface area contributed by atoms with E-state index in [9.17, 15) is 9.90 Å². The van der Waals surface area contributed by atoms with Crippen LogP contribution in [-0.2, 0) is 10.2 Å². The van der Waals surface area contributed by atoms with Crippen molar-refractivity contribution in [2.24, 2.45) is 5.92 Å². The fourth-order valence-electron chi connectivity index (χ4n) is 2.44. The van der Waals surface area contributed by atoms with Gasteiger partial charge >= 0.3 is 5.97 Å². The molecule has 0 aliphatic heterocycles. The summed E-state index contributed by atoms with van der Waals surface area (Å²) in [5, 5.41) is 18.4. The molecule has 80 valence electrons. The Hall–Kier alpha value is -1.51. The number of hydrogen-bond acceptors (Lipinski definition) is 2. The van der Waals surface area contributed by atoms with E-state index in [1.807, 2.05) is 0 Å². The predicted octanol–water partition coefficient (Wildman–Crippen LogP) is 2.14. The minimum Gasteiger partial charge on any atom is -0.508 e. The molecule has 0 radical (unpaired) electrons. The van der Waals surface area contributed by atoms with Gasteiger partial charge in [0.15, 0.2) is 0 Å². The maximum atomic E-state index is 11.3. The molecule has 1 fully saturated rings. The molecule has 3 nitrogen and oxygen atoms in total. The summed E-state index contributed by atoms with van der Waals surface area (Å²) >= 11 is 0. The van der Waals surface area contributed by atoms with Crippen LogP contribution in [0.5, 0.6) is 5.75 Å². The van der Waals surface area contributed by atoms with Crippen molar-refractivity contribution < 1.29 is 15.0 Å². The van der Waals surface area contributed by atoms with Crippen molar-refractivity contribution >= 4 is 5.97 Å². The van der Waals surface area contributed by atoms with Gasteiger partial charge in [0.2, 0.25) is 0 Å². The molecule has 2 N–H and O–H groups in total. The fraction of sp³-hybridized carbons (Fsp3) is 0.417. The first kappa shape index (κ1) is 10.0. The number of hydrogen-bond donors (Lipinski definition) is 2. The average Bonchev–Trinajstić information content (AvgIpc) is 2.13. The van der Waals surface area contributed by atoms with Gasteiger partial charge in [0.25, 0.3) is 0 Å². The number of carboxylic acids is 1. The van der Waals surface area contributed by atoms with E-state index < -0.39 is 11.4 Å². The molecule has 1 aromatic rings. The lowest BCUT2D eigenvalue weighted by Crippen LogP contribution is -2.46. The van der Waals surface area contributed by atoms with Crippen LogP contribution in [0.3, 0.4) is 0 Å². The van der Waals surface area contributed by atoms with Gasteiger partial charge < -0.3 is 10.2 Å². The fourth-order valence-corrected chi connectivity index (χ4v) is 2.44. The monoisotopic (exact) mass is 206 g/mol. The lowest BCUT2D eigenvalue weighted by atomic mass is 9.59. The summed E-state index contributed by atoms with van der Waals surface area (Å²) in [4.78, 5) is 11.3. The van der Waals surface area contributed by atoms with E-state index in [4.69, 9.17) is 5.11 Å². The number of phenolic OH excluding ortho intramolecular Hbond substituents is 1. The van der Waals surface area contributed by atoms with Crippen LogP contribution < -0.4 is 0 Å². The largest absolute Gasteiger partial charge is 0.508 e. The minimum absolute atomic E-state index is 0.173. The van der Waals surface area contributed by atoms with Crippen LogP contribution in [0.25, 0.3) is 0 Å². The highest BCUT2D eigenvalue weighted by Gasteiger charge is 2.49. The van der Waals surface area contributed by atoms with Crippen LogP contribution in [0.1, 0.15) is 25.3 Å². The molecule has 0 aromatic heterocycles. The van der Waals surface area contributed by atoms with Gasteiger partial charge in [-0.15, -0.1) is 0 Å². The summed E-state index contributed by atoms with van der Waals surface area (Å²) in [6.07, 6.45) is 1.38. The van der Waals surface area contributed by atoms with Crippen molar-refractivity contribution in [1.82, 2.24) is 0 Å². The molecule has 0 amide bonds. The molecule has 0 atom stereocenters. The van der Waals surface area contributed by atoms with E-state index in [0.29, 0.717) is 18.8 Å². The average molecular weight is 206 g/mol. The molecule has 15 heavy (non-hydrogen) atoms. The van der Waals surface area contributed by atoms with Crippen molar-refractivity contribution in [3.05, 3.63) is 29.8 Å². The van der Waals surface area contributed by atoms with Crippen LogP contribution in [0, 0.1) is 5.92 Å². The van der Waals surface area contributed by atoms with Gasteiger partial charge in [-0.05, 0) is 36.5 Å². The van der Waals surface area contributed by atoms with Crippen molar-refractivity contribution in [2.75, 3.05) is 0 Å². The van der Waals surface area contributed by atoms with E-state index in [1.165, 1.54) is 0 Å². The molecule has 0 unspecified atom stereocenters. The summed E-state index contributed by atoms with van der Waals surface area (Å²) in [6, 6.07) is 6.50. The van der Waals surface area contributed by atoms with Crippen LogP contribution >= 0.6 is 0 Å². The van der Waals surface area contributed by atoms with E-state index in [2.05, 4.69) is 6.92 Å². The smallest absolute Gasteiger partial charge is 0.314 e. The number of carboxylic acid groups (broad SMARTS) is 1. The van der Waals surface area contributed by atoms with Crippen molar-refractivity contribution in [2.45, 2.75) is 25.2 Å². The Morgan fingerprint density at radius 1 is 1.33 bits per heavy atom. The quantitative estimate of drug-likeness (QED) is 0.779. The van der Waals surface area contributed by atoms with Crippen LogP contribution in [0.2, 0.25) is 0 Å². The summed E-state index contributed by atoms with van der Waals surface area (Å²) < 4.78 is 0. The number of phenols is 1. The lowest BCUT2D eigenvalue weighted by molar-refractivity contribution is -0.149. The minimum atomic E-state index is -0.758. The van der Waals surface area contributed by atoms with Gasteiger partial charge in [-0.3, -0.25) is 4.79 Å². The SMILES string of the molecule is CC1CC(C(=O)O)(c2ccc(O)cc2)C1. The summed E-state index contributed by atoms with van der Waals surface area (Å²) in [5.74, 6) is -0.118. The zero-order valence-electron chi connectivity index (χ0n) is 8.60. The summed E-state index contributed by atoms with van der Waals surface area (Å²) in [6.45, 7) is 2.06. The molecule has 0 bridgehead atoms. The molecule has 1 saturated carbocycles. The Balaban J connectivity index is 2.34. The third kappa shape index (κ3) is 1.48. The zero-order chi connectivity index (χ0) is 11.1. The van der Waals surface area contributed by atoms with Gasteiger partial charge in [0, 0.05) is 0 Å². The van der Waals surface area contributed by atoms with Crippen LogP contribution in [0.4, 0.5) is 0 Å². The number of benzene rings is 1. The molecule has 0 spiro atoms. The Labute approximate surface area is 88.4 Å². The van der Waals surface area contributed by atoms with Crippen molar-refractivity contribution in [1.29, 1.82) is 0 Å². The van der Waals surface area contributed by atoms with E-state index in [-0.39, 0.29) is 5.75 Å². The van der Waals surface area contributed by atoms with Gasteiger partial charge in [-0.2, -0.15) is 0 Å². The first-order chi connectivity index (χ1) is 7.04. The summed E-state index contributed by atoms with van der Waals surface area (Å²) in [5.41, 5.74) is 0.0820. The van der Waals surface area contributed by atoms with Gasteiger partial charge in [-0.25, -0.2) is 0 Å². The maximum absolute atomic E-state index is 11.3. The normalized spacial score (nSPS) is 29.5. The van der Waals surface area contributed by atoms with E-state index >= 15 is 0 Å². The highest BCUT2D eigenvalue weighted by molar-refractivity contribution is 5.82. The molecule has 1 aromatic carbocycles. The van der Waals surface area contributed by atoms with E-state index in [0.717, 1.165) is 5.56 Å². The second-order valence-corrected chi connectivity index (χ2v) is 4.45. The van der Waals surface area contributed by atoms with Crippen LogP contribution in [-0.4, -0.2) is 16.2 Å². The lowest BCUT2D eigenvalue weighted by Gasteiger charge is -2.43. The molecular formula is C12H14O3. The van der Waals surface area contributed by atoms with Crippen LogP contribution in [0.15, 0.2) is 24.3 Å². The van der Waals surface area contributed by atoms with Gasteiger partial charge in [0.05, 0.1) is 5.41 Å². The van der Waals surface area contributed by atoms with Gasteiger partial charge in [-0.1, -0.05) is 19.1 Å². The molecule has 1 aliphatic carbocycles. The Kier molecular flexibility index (Phi) is 2.18. The Bertz CT molecular complexity index is 374. The molecule has 0 saturated heterocycles. The number of aromatic hydroxyl groups is 1. The second-order valence-electron chi connectivity index (χ2n) is 4.45. The molecule has 1 aliphatic rings. The number of carbonyl (C=O) groups is 1. The van der Waals surface area contributed by atoms with Gasteiger partial charge in [0.1, 0.15) is 5.75 Å². The molecule has 0 heterocycles. The maximum Gasteiger partial charge on any atom is 0.314 e. The molecular weight excluding hydrogens is 192 g/mol. The van der Waals surface area contributed by atoms with Crippen molar-refractivity contribution in [3.63, 3.8) is 0 Å². The highest BCUT2D eigenvalue weighted by Crippen LogP contribution is 2.47. The summed E-state index contributed by atoms with van der Waals surface area (Å²) in [7, 11) is 0. The first-order valence-electron chi connectivity index (χ1n) is 5.07. The third-order valence-corrected chi connectivity index (χ3v) is 3.22. The van der Waals surface area contributed by atoms with Crippen molar-refractivity contribution in [3.8, 4) is 5.75 Å². The highest BCUT2D eigenvalue weighted by atomic mass is 16.4. The zero-order valence-corrected chi connectivity index (χ0v) is 8.60. The number of aliphatic carboxylic acids is 1. The molecule has 3 heteroatoms. The number of rotatable bonds is 2. The van der Waals surface area contributed by atoms with E-state index in [1.54, 1.807) is 24.3 Å². The second kappa shape index (κ2) is 3.26. The topological polar surface area (TPSA) is 57.5 Å². The Morgan fingerprint density at radius 3 is 2.27 bits per heavy atom. The molecule has 2 rings (SSSR count). The Morgan fingerprint density at radius 2 is 1.87 bits per heavy atom. The first-order valence-corrected chi connectivity index (χ1v) is 5.07. The third-order valence-electron chi connectivity index (χ3n) is 3.22. The standard InChI is InChI=1S/C12H14O3/c1-8-6-12(7-8,11(14)15)9-2-4-10(13)5-3-9/h2-5,8,13H,6-7H2,1H3,(H,14,15). The predicted molar refractivity (Wildman–Crippen MR) is 55.8 cm³/mol.